The van der Waals surface area contributed by atoms with E-state index in [1.54, 1.807) is 6.07 Å². The van der Waals surface area contributed by atoms with Gasteiger partial charge in [-0.05, 0) is 23.8 Å². The van der Waals surface area contributed by atoms with Gasteiger partial charge in [-0.2, -0.15) is 5.26 Å². The molecule has 3 rings (SSSR count). The Morgan fingerprint density at radius 2 is 2.09 bits per heavy atom. The van der Waals surface area contributed by atoms with Crippen molar-refractivity contribution in [2.24, 2.45) is 0 Å². The number of ether oxygens (including phenoxy) is 1. The molecule has 0 spiro atoms. The lowest BCUT2D eigenvalue weighted by Crippen LogP contribution is -2.36. The van der Waals surface area contributed by atoms with Gasteiger partial charge in [0.15, 0.2) is 6.29 Å². The maximum absolute atomic E-state index is 13.5. The fourth-order valence-corrected chi connectivity index (χ4v) is 3.31. The van der Waals surface area contributed by atoms with Crippen molar-refractivity contribution in [3.8, 4) is 16.5 Å². The summed E-state index contributed by atoms with van der Waals surface area (Å²) >= 11 is 1.09. The lowest BCUT2D eigenvalue weighted by molar-refractivity contribution is 0.112. The van der Waals surface area contributed by atoms with Gasteiger partial charge in [-0.3, -0.25) is 4.79 Å². The molecular weight excluding hydrogens is 303 g/mol. The molecule has 1 aliphatic rings. The molecule has 112 valence electrons. The monoisotopic (exact) mass is 316 g/mol. The maximum Gasteiger partial charge on any atom is 0.163 e. The van der Waals surface area contributed by atoms with Crippen LogP contribution in [0.4, 0.5) is 10.1 Å². The summed E-state index contributed by atoms with van der Waals surface area (Å²) in [6, 6.07) is 9.00. The SMILES string of the molecule is N#Cc1cc(-c2cc(F)c(C=O)s2)ccc1N1CCOCC1. The molecule has 0 aliphatic carbocycles. The number of nitrogens with zero attached hydrogens (tertiary/aromatic N) is 2. The number of aldehydes is 1. The number of hydrogen-bond donors (Lipinski definition) is 0. The normalized spacial score (nSPS) is 14.6. The minimum Gasteiger partial charge on any atom is -0.378 e. The van der Waals surface area contributed by atoms with Crippen molar-refractivity contribution >= 4 is 23.3 Å². The van der Waals surface area contributed by atoms with Gasteiger partial charge in [-0.25, -0.2) is 4.39 Å². The van der Waals surface area contributed by atoms with Gasteiger partial charge in [0, 0.05) is 18.0 Å². The number of thiophene rings is 1. The molecule has 1 saturated heterocycles. The number of hydrogen-bond acceptors (Lipinski definition) is 5. The van der Waals surface area contributed by atoms with Gasteiger partial charge in [0.1, 0.15) is 16.8 Å². The minimum absolute atomic E-state index is 0.0748. The first-order valence-corrected chi connectivity index (χ1v) is 7.66. The number of benzene rings is 1. The second-order valence-electron chi connectivity index (χ2n) is 4.88. The Bertz CT molecular complexity index is 745. The first-order chi connectivity index (χ1) is 10.7. The van der Waals surface area contributed by atoms with E-state index in [1.165, 1.54) is 6.07 Å². The third kappa shape index (κ3) is 2.73. The van der Waals surface area contributed by atoms with Crippen LogP contribution in [-0.2, 0) is 4.74 Å². The molecule has 1 aromatic carbocycles. The zero-order chi connectivity index (χ0) is 15.5. The number of halogens is 1. The highest BCUT2D eigenvalue weighted by atomic mass is 32.1. The average molecular weight is 316 g/mol. The quantitative estimate of drug-likeness (QED) is 0.817. The predicted octanol–water partition coefficient (Wildman–Crippen LogP) is 3.07. The van der Waals surface area contributed by atoms with Crippen molar-refractivity contribution in [1.29, 1.82) is 5.26 Å². The van der Waals surface area contributed by atoms with Crippen LogP contribution in [0.2, 0.25) is 0 Å². The Morgan fingerprint density at radius 3 is 2.73 bits per heavy atom. The standard InChI is InChI=1S/C16H13FN2O2S/c17-13-8-15(22-16(13)10-20)11-1-2-14(12(7-11)9-18)19-3-5-21-6-4-19/h1-2,7-8,10H,3-6H2. The topological polar surface area (TPSA) is 53.3 Å². The van der Waals surface area contributed by atoms with E-state index >= 15 is 0 Å². The average Bonchev–Trinajstić information content (AvgIpc) is 2.96. The molecule has 22 heavy (non-hydrogen) atoms. The van der Waals surface area contributed by atoms with Crippen molar-refractivity contribution in [2.75, 3.05) is 31.2 Å². The molecule has 1 aromatic heterocycles. The van der Waals surface area contributed by atoms with Gasteiger partial charge in [-0.1, -0.05) is 6.07 Å². The number of anilines is 1. The second kappa shape index (κ2) is 6.26. The molecule has 0 N–H and O–H groups in total. The highest BCUT2D eigenvalue weighted by Crippen LogP contribution is 2.33. The Labute approximate surface area is 131 Å². The van der Waals surface area contributed by atoms with Crippen molar-refractivity contribution < 1.29 is 13.9 Å². The van der Waals surface area contributed by atoms with Crippen LogP contribution in [0.25, 0.3) is 10.4 Å². The molecule has 0 saturated carbocycles. The van der Waals surface area contributed by atoms with E-state index in [2.05, 4.69) is 11.0 Å². The molecule has 6 heteroatoms. The van der Waals surface area contributed by atoms with Crippen LogP contribution in [-0.4, -0.2) is 32.6 Å². The van der Waals surface area contributed by atoms with Crippen molar-refractivity contribution in [1.82, 2.24) is 0 Å². The van der Waals surface area contributed by atoms with Crippen molar-refractivity contribution in [2.45, 2.75) is 0 Å². The number of rotatable bonds is 3. The van der Waals surface area contributed by atoms with Gasteiger partial charge >= 0.3 is 0 Å². The highest BCUT2D eigenvalue weighted by molar-refractivity contribution is 7.17. The number of carbonyl (C=O) groups excluding carboxylic acids is 1. The second-order valence-corrected chi connectivity index (χ2v) is 5.97. The molecule has 2 aromatic rings. The molecule has 0 bridgehead atoms. The minimum atomic E-state index is -0.522. The van der Waals surface area contributed by atoms with Gasteiger partial charge in [0.2, 0.25) is 0 Å². The Hall–Kier alpha value is -2.23. The van der Waals surface area contributed by atoms with Crippen LogP contribution in [0.5, 0.6) is 0 Å². The van der Waals surface area contributed by atoms with Crippen LogP contribution >= 0.6 is 11.3 Å². The van der Waals surface area contributed by atoms with Crippen LogP contribution in [0.1, 0.15) is 15.2 Å². The van der Waals surface area contributed by atoms with E-state index in [0.29, 0.717) is 29.9 Å². The number of morpholine rings is 1. The van der Waals surface area contributed by atoms with E-state index in [-0.39, 0.29) is 4.88 Å². The zero-order valence-corrected chi connectivity index (χ0v) is 12.5. The summed E-state index contributed by atoms with van der Waals surface area (Å²) < 4.78 is 18.9. The van der Waals surface area contributed by atoms with Crippen LogP contribution in [0.3, 0.4) is 0 Å². The van der Waals surface area contributed by atoms with Crippen molar-refractivity contribution in [3.05, 3.63) is 40.5 Å². The zero-order valence-electron chi connectivity index (χ0n) is 11.7. The number of nitriles is 1. The lowest BCUT2D eigenvalue weighted by Gasteiger charge is -2.29. The molecule has 0 atom stereocenters. The Balaban J connectivity index is 1.97. The number of carbonyl (C=O) groups is 1. The highest BCUT2D eigenvalue weighted by Gasteiger charge is 2.16. The van der Waals surface area contributed by atoms with Gasteiger partial charge in [0.25, 0.3) is 0 Å². The summed E-state index contributed by atoms with van der Waals surface area (Å²) in [5.74, 6) is -0.522. The predicted molar refractivity (Wildman–Crippen MR) is 82.8 cm³/mol. The van der Waals surface area contributed by atoms with E-state index in [1.807, 2.05) is 12.1 Å². The molecular formula is C16H13FN2O2S. The summed E-state index contributed by atoms with van der Waals surface area (Å²) in [6.45, 7) is 2.78. The Kier molecular flexibility index (Phi) is 4.18. The summed E-state index contributed by atoms with van der Waals surface area (Å²) in [7, 11) is 0. The van der Waals surface area contributed by atoms with Crippen LogP contribution < -0.4 is 4.90 Å². The largest absolute Gasteiger partial charge is 0.378 e. The summed E-state index contributed by atoms with van der Waals surface area (Å²) in [6.07, 6.45) is 0.511. The molecule has 1 aliphatic heterocycles. The molecule has 4 nitrogen and oxygen atoms in total. The van der Waals surface area contributed by atoms with E-state index in [4.69, 9.17) is 4.74 Å². The van der Waals surface area contributed by atoms with Crippen molar-refractivity contribution in [3.63, 3.8) is 0 Å². The molecule has 1 fully saturated rings. The van der Waals surface area contributed by atoms with Gasteiger partial charge in [0.05, 0.1) is 24.5 Å². The maximum atomic E-state index is 13.5. The van der Waals surface area contributed by atoms with Crippen LogP contribution in [0.15, 0.2) is 24.3 Å². The summed E-state index contributed by atoms with van der Waals surface area (Å²) in [4.78, 5) is 13.6. The van der Waals surface area contributed by atoms with E-state index < -0.39 is 5.82 Å². The molecule has 0 amide bonds. The smallest absolute Gasteiger partial charge is 0.163 e. The fraction of sp³-hybridized carbons (Fsp3) is 0.250. The van der Waals surface area contributed by atoms with Gasteiger partial charge < -0.3 is 9.64 Å². The lowest BCUT2D eigenvalue weighted by atomic mass is 10.1. The fourth-order valence-electron chi connectivity index (χ4n) is 2.46. The molecule has 2 heterocycles. The third-order valence-electron chi connectivity index (χ3n) is 3.57. The van der Waals surface area contributed by atoms with Gasteiger partial charge in [-0.15, -0.1) is 11.3 Å². The first-order valence-electron chi connectivity index (χ1n) is 6.84. The van der Waals surface area contributed by atoms with E-state index in [0.717, 1.165) is 35.7 Å². The Morgan fingerprint density at radius 1 is 1.32 bits per heavy atom. The van der Waals surface area contributed by atoms with E-state index in [9.17, 15) is 14.4 Å². The summed E-state index contributed by atoms with van der Waals surface area (Å²) in [5.41, 5.74) is 2.15. The van der Waals surface area contributed by atoms with Crippen LogP contribution in [0, 0.1) is 17.1 Å². The first kappa shape index (κ1) is 14.7. The molecule has 0 radical (unpaired) electrons. The third-order valence-corrected chi connectivity index (χ3v) is 4.66. The summed E-state index contributed by atoms with van der Waals surface area (Å²) in [5, 5.41) is 9.39. The molecule has 0 unspecified atom stereocenters.